The number of aromatic nitrogens is 4. The summed E-state index contributed by atoms with van der Waals surface area (Å²) >= 11 is 0. The number of hydrogen-bond donors (Lipinski definition) is 0. The fourth-order valence-corrected chi connectivity index (χ4v) is 1.23. The van der Waals surface area contributed by atoms with E-state index in [1.807, 2.05) is 4.57 Å². The number of aryl methyl sites for hydroxylation is 1. The third-order valence-corrected chi connectivity index (χ3v) is 1.75. The SMILES string of the molecule is CCCn1cncc2ncnc1-2. The second kappa shape index (κ2) is 2.89. The van der Waals surface area contributed by atoms with Gasteiger partial charge in [-0.05, 0) is 6.42 Å². The van der Waals surface area contributed by atoms with Crippen molar-refractivity contribution in [1.82, 2.24) is 19.5 Å². The molecular weight excluding hydrogens is 152 g/mol. The summed E-state index contributed by atoms with van der Waals surface area (Å²) in [6, 6.07) is 0. The van der Waals surface area contributed by atoms with Crippen LogP contribution in [0.4, 0.5) is 0 Å². The average Bonchev–Trinajstić information content (AvgIpc) is 2.53. The molecule has 4 nitrogen and oxygen atoms in total. The van der Waals surface area contributed by atoms with Gasteiger partial charge in [-0.15, -0.1) is 0 Å². The van der Waals surface area contributed by atoms with Crippen LogP contribution < -0.4 is 0 Å². The zero-order valence-electron chi connectivity index (χ0n) is 6.94. The lowest BCUT2D eigenvalue weighted by molar-refractivity contribution is 0.659. The minimum Gasteiger partial charge on any atom is -0.315 e. The quantitative estimate of drug-likeness (QED) is 0.666. The summed E-state index contributed by atoms with van der Waals surface area (Å²) in [6.07, 6.45) is 6.17. The second-order valence-corrected chi connectivity index (χ2v) is 2.67. The summed E-state index contributed by atoms with van der Waals surface area (Å²) < 4.78 is 2.02. The van der Waals surface area contributed by atoms with Gasteiger partial charge in [0.2, 0.25) is 0 Å². The zero-order valence-corrected chi connectivity index (χ0v) is 6.94. The van der Waals surface area contributed by atoms with Gasteiger partial charge in [-0.25, -0.2) is 15.0 Å². The molecule has 0 atom stereocenters. The molecule has 0 unspecified atom stereocenters. The molecule has 0 aromatic carbocycles. The largest absolute Gasteiger partial charge is 0.315 e. The van der Waals surface area contributed by atoms with Gasteiger partial charge < -0.3 is 4.57 Å². The Morgan fingerprint density at radius 1 is 1.42 bits per heavy atom. The van der Waals surface area contributed by atoms with Gasteiger partial charge in [-0.3, -0.25) is 0 Å². The number of hydrogen-bond acceptors (Lipinski definition) is 3. The Balaban J connectivity index is 2.48. The van der Waals surface area contributed by atoms with Gasteiger partial charge in [-0.2, -0.15) is 0 Å². The highest BCUT2D eigenvalue weighted by atomic mass is 15.1. The summed E-state index contributed by atoms with van der Waals surface area (Å²) in [6.45, 7) is 3.07. The molecule has 2 heterocycles. The van der Waals surface area contributed by atoms with Crippen molar-refractivity contribution in [2.75, 3.05) is 0 Å². The van der Waals surface area contributed by atoms with E-state index < -0.39 is 0 Å². The second-order valence-electron chi connectivity index (χ2n) is 2.67. The van der Waals surface area contributed by atoms with Crippen molar-refractivity contribution in [3.63, 3.8) is 0 Å². The highest BCUT2D eigenvalue weighted by Gasteiger charge is 2.07. The number of nitrogens with zero attached hydrogens (tertiary/aromatic N) is 4. The third kappa shape index (κ3) is 1.05. The molecule has 0 aliphatic carbocycles. The van der Waals surface area contributed by atoms with E-state index >= 15 is 0 Å². The summed E-state index contributed by atoms with van der Waals surface area (Å²) in [5, 5.41) is 0. The number of fused-ring (bicyclic) bond motifs is 1. The molecule has 0 amide bonds. The molecule has 0 saturated heterocycles. The first-order valence-electron chi connectivity index (χ1n) is 4.02. The first-order valence-corrected chi connectivity index (χ1v) is 4.02. The van der Waals surface area contributed by atoms with Gasteiger partial charge in [0.1, 0.15) is 12.0 Å². The Kier molecular flexibility index (Phi) is 1.74. The lowest BCUT2D eigenvalue weighted by Gasteiger charge is -2.06. The normalized spacial score (nSPS) is 10.8. The van der Waals surface area contributed by atoms with Gasteiger partial charge in [0.15, 0.2) is 5.82 Å². The van der Waals surface area contributed by atoms with Crippen molar-refractivity contribution >= 4 is 0 Å². The molecule has 2 rings (SSSR count). The minimum atomic E-state index is 0.867. The molecule has 12 heavy (non-hydrogen) atoms. The molecule has 0 fully saturated rings. The van der Waals surface area contributed by atoms with E-state index in [0.717, 1.165) is 24.5 Å². The molecule has 0 bridgehead atoms. The molecule has 0 spiro atoms. The van der Waals surface area contributed by atoms with Gasteiger partial charge >= 0.3 is 0 Å². The van der Waals surface area contributed by atoms with Crippen molar-refractivity contribution in [3.8, 4) is 11.5 Å². The molecule has 4 heteroatoms. The van der Waals surface area contributed by atoms with Crippen LogP contribution in [0.15, 0.2) is 18.9 Å². The first kappa shape index (κ1) is 7.21. The van der Waals surface area contributed by atoms with E-state index in [-0.39, 0.29) is 0 Å². The predicted octanol–water partition coefficient (Wildman–Crippen LogP) is 1.19. The molecule has 0 radical (unpaired) electrons. The Bertz CT molecular complexity index is 341. The van der Waals surface area contributed by atoms with Crippen molar-refractivity contribution in [2.24, 2.45) is 0 Å². The highest BCUT2D eigenvalue weighted by Crippen LogP contribution is 2.14. The Morgan fingerprint density at radius 2 is 2.33 bits per heavy atom. The van der Waals surface area contributed by atoms with Crippen LogP contribution in [0.2, 0.25) is 0 Å². The Hall–Kier alpha value is -1.45. The maximum Gasteiger partial charge on any atom is 0.163 e. The number of rotatable bonds is 2. The summed E-state index contributed by atoms with van der Waals surface area (Å²) in [7, 11) is 0. The fraction of sp³-hybridized carbons (Fsp3) is 0.375. The van der Waals surface area contributed by atoms with Gasteiger partial charge in [0.05, 0.1) is 12.5 Å². The van der Waals surface area contributed by atoms with Crippen LogP contribution in [0.1, 0.15) is 13.3 Å². The molecule has 2 aliphatic heterocycles. The van der Waals surface area contributed by atoms with Gasteiger partial charge in [0, 0.05) is 6.54 Å². The summed E-state index contributed by atoms with van der Waals surface area (Å²) in [5.41, 5.74) is 0.867. The smallest absolute Gasteiger partial charge is 0.163 e. The van der Waals surface area contributed by atoms with Crippen LogP contribution in [0.3, 0.4) is 0 Å². The zero-order chi connectivity index (χ0) is 8.39. The van der Waals surface area contributed by atoms with Crippen molar-refractivity contribution < 1.29 is 0 Å². The van der Waals surface area contributed by atoms with Crippen LogP contribution in [0, 0.1) is 0 Å². The standard InChI is InChI=1S/C8H10N4/c1-2-3-12-6-9-4-7-8(12)11-5-10-7/h4-6H,2-3H2,1H3. The van der Waals surface area contributed by atoms with E-state index in [4.69, 9.17) is 0 Å². The maximum atomic E-state index is 4.15. The van der Waals surface area contributed by atoms with E-state index in [2.05, 4.69) is 21.9 Å². The molecule has 0 aromatic rings. The molecule has 2 aliphatic rings. The van der Waals surface area contributed by atoms with Crippen LogP contribution in [0.25, 0.3) is 11.5 Å². The Morgan fingerprint density at radius 3 is 3.17 bits per heavy atom. The molecule has 0 aromatic heterocycles. The third-order valence-electron chi connectivity index (χ3n) is 1.75. The minimum absolute atomic E-state index is 0.867. The summed E-state index contributed by atoms with van der Waals surface area (Å²) in [4.78, 5) is 12.3. The number of imidazole rings is 1. The van der Waals surface area contributed by atoms with E-state index in [1.54, 1.807) is 18.9 Å². The topological polar surface area (TPSA) is 43.6 Å². The molecule has 62 valence electrons. The van der Waals surface area contributed by atoms with Gasteiger partial charge in [0.25, 0.3) is 0 Å². The average molecular weight is 162 g/mol. The molecule has 0 saturated carbocycles. The fourth-order valence-electron chi connectivity index (χ4n) is 1.23. The van der Waals surface area contributed by atoms with Crippen molar-refractivity contribution in [3.05, 3.63) is 18.9 Å². The van der Waals surface area contributed by atoms with Gasteiger partial charge in [-0.1, -0.05) is 6.92 Å². The lowest BCUT2D eigenvalue weighted by atomic mass is 10.4. The predicted molar refractivity (Wildman–Crippen MR) is 44.7 cm³/mol. The lowest BCUT2D eigenvalue weighted by Crippen LogP contribution is -2.03. The highest BCUT2D eigenvalue weighted by molar-refractivity contribution is 5.48. The Labute approximate surface area is 70.6 Å². The molecular formula is C8H10N4. The summed E-state index contributed by atoms with van der Waals surface area (Å²) in [5.74, 6) is 0.923. The van der Waals surface area contributed by atoms with Crippen LogP contribution in [-0.4, -0.2) is 19.5 Å². The van der Waals surface area contributed by atoms with E-state index in [1.165, 1.54) is 0 Å². The maximum absolute atomic E-state index is 4.15. The van der Waals surface area contributed by atoms with E-state index in [9.17, 15) is 0 Å². The van der Waals surface area contributed by atoms with Crippen molar-refractivity contribution in [1.29, 1.82) is 0 Å². The monoisotopic (exact) mass is 162 g/mol. The van der Waals surface area contributed by atoms with Crippen LogP contribution in [0.5, 0.6) is 0 Å². The van der Waals surface area contributed by atoms with E-state index in [0.29, 0.717) is 0 Å². The van der Waals surface area contributed by atoms with Crippen molar-refractivity contribution in [2.45, 2.75) is 19.9 Å². The van der Waals surface area contributed by atoms with Crippen LogP contribution >= 0.6 is 0 Å². The van der Waals surface area contributed by atoms with Crippen LogP contribution in [-0.2, 0) is 6.54 Å². The first-order chi connectivity index (χ1) is 5.92. The molecule has 0 N–H and O–H groups in total.